The topological polar surface area (TPSA) is 66.9 Å². The first-order valence-corrected chi connectivity index (χ1v) is 5.65. The smallest absolute Gasteiger partial charge is 0.247 e. The van der Waals surface area contributed by atoms with Crippen LogP contribution in [0.4, 0.5) is 11.6 Å². The van der Waals surface area contributed by atoms with Gasteiger partial charge in [-0.15, -0.1) is 12.4 Å². The molecule has 0 saturated carbocycles. The quantitative estimate of drug-likeness (QED) is 0.901. The monoisotopic (exact) mass is 278 g/mol. The van der Waals surface area contributed by atoms with E-state index in [1.807, 2.05) is 24.3 Å². The Morgan fingerprint density at radius 1 is 1.05 bits per heavy atom. The third-order valence-electron chi connectivity index (χ3n) is 2.34. The van der Waals surface area contributed by atoms with Crippen LogP contribution in [0.5, 0.6) is 0 Å². The highest BCUT2D eigenvalue weighted by molar-refractivity contribution is 5.95. The summed E-state index contributed by atoms with van der Waals surface area (Å²) in [5.74, 6) is 1.05. The number of carbonyl (C=O) groups is 1. The van der Waals surface area contributed by atoms with Gasteiger partial charge in [-0.3, -0.25) is 4.79 Å². The Bertz CT molecular complexity index is 507. The van der Waals surface area contributed by atoms with Crippen molar-refractivity contribution in [2.75, 3.05) is 10.6 Å². The second kappa shape index (κ2) is 7.33. The summed E-state index contributed by atoms with van der Waals surface area (Å²) in [6.07, 6.45) is 3.30. The van der Waals surface area contributed by atoms with E-state index in [-0.39, 0.29) is 24.4 Å². The molecule has 0 aromatic carbocycles. The minimum atomic E-state index is -0.387. The predicted molar refractivity (Wildman–Crippen MR) is 77.4 cm³/mol. The fraction of sp³-hybridized carbons (Fsp3) is 0.154. The zero-order valence-electron chi connectivity index (χ0n) is 10.4. The summed E-state index contributed by atoms with van der Waals surface area (Å²) >= 11 is 0. The summed E-state index contributed by atoms with van der Waals surface area (Å²) in [6.45, 7) is 1.77. The van der Waals surface area contributed by atoms with Gasteiger partial charge in [0, 0.05) is 12.4 Å². The van der Waals surface area contributed by atoms with Gasteiger partial charge in [-0.2, -0.15) is 0 Å². The van der Waals surface area contributed by atoms with E-state index in [2.05, 4.69) is 20.6 Å². The van der Waals surface area contributed by atoms with Crippen LogP contribution in [-0.4, -0.2) is 21.9 Å². The van der Waals surface area contributed by atoms with E-state index in [9.17, 15) is 4.79 Å². The van der Waals surface area contributed by atoms with Gasteiger partial charge in [-0.25, -0.2) is 9.97 Å². The number of anilines is 2. The Hall–Kier alpha value is -2.14. The maximum Gasteiger partial charge on any atom is 0.247 e. The Balaban J connectivity index is 0.00000180. The Morgan fingerprint density at radius 3 is 2.16 bits per heavy atom. The zero-order chi connectivity index (χ0) is 12.8. The van der Waals surface area contributed by atoms with E-state index in [4.69, 9.17) is 0 Å². The van der Waals surface area contributed by atoms with Crippen LogP contribution in [-0.2, 0) is 4.79 Å². The molecule has 0 radical (unpaired) electrons. The van der Waals surface area contributed by atoms with Gasteiger partial charge in [0.15, 0.2) is 0 Å². The number of hydrogen-bond acceptors (Lipinski definition) is 4. The number of halogens is 1. The lowest BCUT2D eigenvalue weighted by atomic mass is 10.3. The fourth-order valence-corrected chi connectivity index (χ4v) is 1.41. The van der Waals surface area contributed by atoms with Crippen molar-refractivity contribution in [2.24, 2.45) is 0 Å². The molecular formula is C13H15ClN4O. The van der Waals surface area contributed by atoms with Gasteiger partial charge in [0.2, 0.25) is 5.91 Å². The van der Waals surface area contributed by atoms with Crippen molar-refractivity contribution in [2.45, 2.75) is 13.0 Å². The molecule has 0 aliphatic heterocycles. The van der Waals surface area contributed by atoms with Crippen molar-refractivity contribution in [3.05, 3.63) is 48.8 Å². The minimum Gasteiger partial charge on any atom is -0.359 e. The van der Waals surface area contributed by atoms with E-state index in [0.717, 1.165) is 0 Å². The number of rotatable bonds is 4. The molecule has 2 aromatic rings. The molecule has 19 heavy (non-hydrogen) atoms. The van der Waals surface area contributed by atoms with Crippen LogP contribution >= 0.6 is 12.4 Å². The number of hydrogen-bond donors (Lipinski definition) is 2. The molecule has 6 heteroatoms. The van der Waals surface area contributed by atoms with Gasteiger partial charge in [0.1, 0.15) is 17.7 Å². The summed E-state index contributed by atoms with van der Waals surface area (Å²) in [7, 11) is 0. The second-order valence-electron chi connectivity index (χ2n) is 3.79. The van der Waals surface area contributed by atoms with E-state index >= 15 is 0 Å². The van der Waals surface area contributed by atoms with E-state index in [0.29, 0.717) is 11.6 Å². The summed E-state index contributed by atoms with van der Waals surface area (Å²) < 4.78 is 0. The second-order valence-corrected chi connectivity index (χ2v) is 3.79. The molecule has 0 spiro atoms. The van der Waals surface area contributed by atoms with Gasteiger partial charge in [-0.1, -0.05) is 12.1 Å². The summed E-state index contributed by atoms with van der Waals surface area (Å²) in [5.41, 5.74) is 0. The normalized spacial score (nSPS) is 11.0. The summed E-state index contributed by atoms with van der Waals surface area (Å²) in [4.78, 5) is 20.0. The summed E-state index contributed by atoms with van der Waals surface area (Å²) in [6, 6.07) is 10.5. The lowest BCUT2D eigenvalue weighted by Gasteiger charge is -2.13. The first-order chi connectivity index (χ1) is 8.75. The highest BCUT2D eigenvalue weighted by Crippen LogP contribution is 2.05. The lowest BCUT2D eigenvalue weighted by molar-refractivity contribution is -0.116. The zero-order valence-corrected chi connectivity index (χ0v) is 11.2. The van der Waals surface area contributed by atoms with Crippen molar-refractivity contribution in [1.82, 2.24) is 9.97 Å². The maximum atomic E-state index is 11.9. The molecule has 0 aliphatic rings. The minimum absolute atomic E-state index is 0. The van der Waals surface area contributed by atoms with E-state index < -0.39 is 0 Å². The highest BCUT2D eigenvalue weighted by Gasteiger charge is 2.13. The fourth-order valence-electron chi connectivity index (χ4n) is 1.41. The van der Waals surface area contributed by atoms with Crippen molar-refractivity contribution in [1.29, 1.82) is 0 Å². The maximum absolute atomic E-state index is 11.9. The Labute approximate surface area is 117 Å². The van der Waals surface area contributed by atoms with Crippen molar-refractivity contribution < 1.29 is 4.79 Å². The molecule has 100 valence electrons. The lowest BCUT2D eigenvalue weighted by Crippen LogP contribution is -2.32. The number of amides is 1. The standard InChI is InChI=1S/C13H14N4O.ClH/c1-10(16-11-6-2-4-8-14-11)13(18)17-12-7-3-5-9-15-12;/h2-10H,1H3,(H,14,16)(H,15,17,18);1H/t10-;/m1./s1. The molecule has 5 nitrogen and oxygen atoms in total. The van der Waals surface area contributed by atoms with Crippen LogP contribution in [0.3, 0.4) is 0 Å². The number of aromatic nitrogens is 2. The van der Waals surface area contributed by atoms with Crippen molar-refractivity contribution >= 4 is 29.9 Å². The predicted octanol–water partition coefficient (Wildman–Crippen LogP) is 2.34. The van der Waals surface area contributed by atoms with Crippen molar-refractivity contribution in [3.63, 3.8) is 0 Å². The van der Waals surface area contributed by atoms with Gasteiger partial charge in [0.05, 0.1) is 0 Å². The molecule has 2 aromatic heterocycles. The molecule has 1 atom stereocenters. The average molecular weight is 279 g/mol. The van der Waals surface area contributed by atoms with Crippen LogP contribution in [0.2, 0.25) is 0 Å². The molecule has 1 amide bonds. The van der Waals surface area contributed by atoms with Gasteiger partial charge < -0.3 is 10.6 Å². The van der Waals surface area contributed by atoms with Crippen LogP contribution in [0, 0.1) is 0 Å². The molecule has 0 bridgehead atoms. The number of nitrogens with one attached hydrogen (secondary N) is 2. The summed E-state index contributed by atoms with van der Waals surface area (Å²) in [5, 5.41) is 5.73. The molecule has 0 unspecified atom stereocenters. The number of pyridine rings is 2. The molecule has 0 saturated heterocycles. The molecule has 2 rings (SSSR count). The number of carbonyl (C=O) groups excluding carboxylic acids is 1. The van der Waals surface area contributed by atoms with Crippen LogP contribution in [0.25, 0.3) is 0 Å². The first-order valence-electron chi connectivity index (χ1n) is 5.65. The Morgan fingerprint density at radius 2 is 1.63 bits per heavy atom. The largest absolute Gasteiger partial charge is 0.359 e. The molecule has 0 fully saturated rings. The van der Waals surface area contributed by atoms with E-state index in [1.165, 1.54) is 0 Å². The van der Waals surface area contributed by atoms with Crippen LogP contribution in [0.1, 0.15) is 6.92 Å². The SMILES string of the molecule is C[C@@H](Nc1ccccn1)C(=O)Nc1ccccn1.Cl. The molecule has 2 heterocycles. The van der Waals surface area contributed by atoms with Gasteiger partial charge in [-0.05, 0) is 31.2 Å². The average Bonchev–Trinajstić information content (AvgIpc) is 2.41. The van der Waals surface area contributed by atoms with Crippen LogP contribution in [0.15, 0.2) is 48.8 Å². The number of nitrogens with zero attached hydrogens (tertiary/aromatic N) is 2. The third-order valence-corrected chi connectivity index (χ3v) is 2.34. The van der Waals surface area contributed by atoms with Crippen molar-refractivity contribution in [3.8, 4) is 0 Å². The molecule has 0 aliphatic carbocycles. The molecule has 2 N–H and O–H groups in total. The van der Waals surface area contributed by atoms with Gasteiger partial charge in [0.25, 0.3) is 0 Å². The van der Waals surface area contributed by atoms with E-state index in [1.54, 1.807) is 31.5 Å². The third kappa shape index (κ3) is 4.56. The van der Waals surface area contributed by atoms with Crippen LogP contribution < -0.4 is 10.6 Å². The Kier molecular flexibility index (Phi) is 5.75. The molecular weight excluding hydrogens is 264 g/mol. The first kappa shape index (κ1) is 14.9. The van der Waals surface area contributed by atoms with Gasteiger partial charge >= 0.3 is 0 Å². The highest BCUT2D eigenvalue weighted by atomic mass is 35.5.